The average molecular weight is 443 g/mol. The lowest BCUT2D eigenvalue weighted by Crippen LogP contribution is -2.47. The molecular weight excluding hydrogens is 419 g/mol. The maximum atomic E-state index is 12.9. The average Bonchev–Trinajstić information content (AvgIpc) is 2.66. The van der Waals surface area contributed by atoms with Crippen LogP contribution in [0.3, 0.4) is 0 Å². The maximum Gasteiger partial charge on any atom is 0.241 e. The van der Waals surface area contributed by atoms with Crippen LogP contribution in [0.2, 0.25) is 0 Å². The summed E-state index contributed by atoms with van der Waals surface area (Å²) >= 11 is 0. The van der Waals surface area contributed by atoms with Crippen molar-refractivity contribution in [2.75, 3.05) is 18.6 Å². The fraction of sp³-hybridized carbons (Fsp3) is 0.316. The third-order valence-electron chi connectivity index (χ3n) is 4.07. The number of sulfone groups is 1. The molecule has 10 heteroatoms. The monoisotopic (exact) mass is 442 g/mol. The summed E-state index contributed by atoms with van der Waals surface area (Å²) in [4.78, 5) is 12.5. The topological polar surface area (TPSA) is 109 Å². The first-order valence-electron chi connectivity index (χ1n) is 8.84. The molecule has 2 aromatic carbocycles. The third-order valence-corrected chi connectivity index (χ3v) is 6.54. The van der Waals surface area contributed by atoms with Gasteiger partial charge in [-0.2, -0.15) is 4.72 Å². The minimum Gasteiger partial charge on any atom is -0.354 e. The van der Waals surface area contributed by atoms with Gasteiger partial charge in [0, 0.05) is 12.8 Å². The van der Waals surface area contributed by atoms with E-state index < -0.39 is 31.8 Å². The second-order valence-electron chi connectivity index (χ2n) is 6.57. The molecule has 0 unspecified atom stereocenters. The zero-order valence-corrected chi connectivity index (χ0v) is 17.5. The summed E-state index contributed by atoms with van der Waals surface area (Å²) in [5, 5.41) is 2.60. The van der Waals surface area contributed by atoms with Gasteiger partial charge in [-0.05, 0) is 42.7 Å². The fourth-order valence-electron chi connectivity index (χ4n) is 2.53. The molecule has 158 valence electrons. The van der Waals surface area contributed by atoms with Gasteiger partial charge in [-0.1, -0.05) is 30.3 Å². The summed E-state index contributed by atoms with van der Waals surface area (Å²) < 4.78 is 63.2. The van der Waals surface area contributed by atoms with E-state index in [-0.39, 0.29) is 29.4 Å². The molecule has 2 aromatic rings. The molecule has 0 aliphatic heterocycles. The fourth-order valence-corrected chi connectivity index (χ4v) is 4.45. The lowest BCUT2D eigenvalue weighted by Gasteiger charge is -2.18. The van der Waals surface area contributed by atoms with Crippen LogP contribution in [-0.2, 0) is 31.1 Å². The Bertz CT molecular complexity index is 1020. The Morgan fingerprint density at radius 2 is 1.62 bits per heavy atom. The molecule has 0 aliphatic carbocycles. The van der Waals surface area contributed by atoms with Crippen LogP contribution in [0.1, 0.15) is 12.0 Å². The van der Waals surface area contributed by atoms with Crippen molar-refractivity contribution in [3.63, 3.8) is 0 Å². The van der Waals surface area contributed by atoms with E-state index in [1.807, 2.05) is 0 Å². The van der Waals surface area contributed by atoms with Gasteiger partial charge in [0.1, 0.15) is 21.7 Å². The van der Waals surface area contributed by atoms with E-state index in [1.54, 1.807) is 30.3 Å². The van der Waals surface area contributed by atoms with Gasteiger partial charge in [0.2, 0.25) is 15.9 Å². The Balaban J connectivity index is 2.05. The Morgan fingerprint density at radius 1 is 1.00 bits per heavy atom. The molecule has 0 saturated heterocycles. The quantitative estimate of drug-likeness (QED) is 0.576. The number of halogens is 1. The summed E-state index contributed by atoms with van der Waals surface area (Å²) in [6.07, 6.45) is 1.23. The normalized spacial score (nSPS) is 13.0. The number of benzene rings is 2. The predicted octanol–water partition coefficient (Wildman–Crippen LogP) is 1.27. The highest BCUT2D eigenvalue weighted by Gasteiger charge is 2.26. The summed E-state index contributed by atoms with van der Waals surface area (Å²) in [5.41, 5.74) is 0.796. The molecule has 1 amide bonds. The summed E-state index contributed by atoms with van der Waals surface area (Å²) in [5.74, 6) is -1.34. The smallest absolute Gasteiger partial charge is 0.241 e. The van der Waals surface area contributed by atoms with Crippen molar-refractivity contribution >= 4 is 25.8 Å². The molecule has 0 saturated carbocycles. The van der Waals surface area contributed by atoms with Crippen LogP contribution in [0.5, 0.6) is 0 Å². The van der Waals surface area contributed by atoms with Crippen LogP contribution >= 0.6 is 0 Å². The Kier molecular flexibility index (Phi) is 7.88. The second-order valence-corrected chi connectivity index (χ2v) is 10.5. The molecule has 2 rings (SSSR count). The third kappa shape index (κ3) is 7.92. The van der Waals surface area contributed by atoms with Crippen LogP contribution in [-0.4, -0.2) is 47.3 Å². The SMILES string of the molecule is CS(=O)(=O)CC[C@@H](NS(=O)(=O)c1ccccc1)C(=O)NCCc1ccc(F)cc1. The van der Waals surface area contributed by atoms with Gasteiger partial charge in [0.25, 0.3) is 0 Å². The highest BCUT2D eigenvalue weighted by Crippen LogP contribution is 2.10. The Hall–Kier alpha value is -2.30. The second kappa shape index (κ2) is 9.95. The molecule has 0 bridgehead atoms. The summed E-state index contributed by atoms with van der Waals surface area (Å²) in [7, 11) is -7.39. The van der Waals surface area contributed by atoms with Gasteiger partial charge < -0.3 is 5.32 Å². The molecule has 0 fully saturated rings. The van der Waals surface area contributed by atoms with Gasteiger partial charge in [-0.3, -0.25) is 4.79 Å². The van der Waals surface area contributed by atoms with Gasteiger partial charge >= 0.3 is 0 Å². The highest BCUT2D eigenvalue weighted by atomic mass is 32.2. The number of sulfonamides is 1. The van der Waals surface area contributed by atoms with Gasteiger partial charge in [-0.15, -0.1) is 0 Å². The van der Waals surface area contributed by atoms with Gasteiger partial charge in [0.05, 0.1) is 10.6 Å². The predicted molar refractivity (Wildman–Crippen MR) is 108 cm³/mol. The van der Waals surface area contributed by atoms with Crippen molar-refractivity contribution < 1.29 is 26.0 Å². The first-order valence-corrected chi connectivity index (χ1v) is 12.4. The molecule has 0 spiro atoms. The largest absolute Gasteiger partial charge is 0.354 e. The molecule has 0 aromatic heterocycles. The standard InChI is InChI=1S/C19H23FN2O5S2/c1-28(24,25)14-12-18(22-29(26,27)17-5-3-2-4-6-17)19(23)21-13-11-15-7-9-16(20)10-8-15/h2-10,18,22H,11-14H2,1H3,(H,21,23)/t18-/m1/s1. The molecular formula is C19H23FN2O5S2. The van der Waals surface area contributed by atoms with Gasteiger partial charge in [0.15, 0.2) is 0 Å². The minimum atomic E-state index is -4.00. The number of carbonyl (C=O) groups excluding carboxylic acids is 1. The zero-order chi connectivity index (χ0) is 21.5. The van der Waals surface area contributed by atoms with E-state index in [0.29, 0.717) is 6.42 Å². The van der Waals surface area contributed by atoms with Crippen molar-refractivity contribution in [1.29, 1.82) is 0 Å². The molecule has 0 aliphatic rings. The van der Waals surface area contributed by atoms with Crippen molar-refractivity contribution in [2.45, 2.75) is 23.8 Å². The van der Waals surface area contributed by atoms with Crippen molar-refractivity contribution in [1.82, 2.24) is 10.0 Å². The van der Waals surface area contributed by atoms with Crippen LogP contribution in [0.15, 0.2) is 59.5 Å². The minimum absolute atomic E-state index is 0.0246. The van der Waals surface area contributed by atoms with E-state index in [4.69, 9.17) is 0 Å². The van der Waals surface area contributed by atoms with Crippen LogP contribution in [0, 0.1) is 5.82 Å². The summed E-state index contributed by atoms with van der Waals surface area (Å²) in [6, 6.07) is 12.0. The molecule has 7 nitrogen and oxygen atoms in total. The Morgan fingerprint density at radius 3 is 2.21 bits per heavy atom. The number of rotatable bonds is 10. The summed E-state index contributed by atoms with van der Waals surface area (Å²) in [6.45, 7) is 0.187. The number of hydrogen-bond acceptors (Lipinski definition) is 5. The lowest BCUT2D eigenvalue weighted by atomic mass is 10.1. The first kappa shape index (κ1) is 23.0. The van der Waals surface area contributed by atoms with E-state index in [1.165, 1.54) is 24.3 Å². The van der Waals surface area contributed by atoms with Crippen molar-refractivity contribution in [3.05, 3.63) is 66.0 Å². The molecule has 2 N–H and O–H groups in total. The molecule has 0 radical (unpaired) electrons. The number of hydrogen-bond donors (Lipinski definition) is 2. The van der Waals surface area contributed by atoms with E-state index >= 15 is 0 Å². The zero-order valence-electron chi connectivity index (χ0n) is 15.8. The van der Waals surface area contributed by atoms with E-state index in [9.17, 15) is 26.0 Å². The first-order chi connectivity index (χ1) is 13.6. The van der Waals surface area contributed by atoms with E-state index in [0.717, 1.165) is 11.8 Å². The highest BCUT2D eigenvalue weighted by molar-refractivity contribution is 7.90. The van der Waals surface area contributed by atoms with E-state index in [2.05, 4.69) is 10.0 Å². The van der Waals surface area contributed by atoms with Crippen LogP contribution in [0.4, 0.5) is 4.39 Å². The van der Waals surface area contributed by atoms with Crippen LogP contribution in [0.25, 0.3) is 0 Å². The number of nitrogens with one attached hydrogen (secondary N) is 2. The number of carbonyl (C=O) groups is 1. The number of amides is 1. The Labute approximate surface area is 170 Å². The van der Waals surface area contributed by atoms with Gasteiger partial charge in [-0.25, -0.2) is 21.2 Å². The molecule has 29 heavy (non-hydrogen) atoms. The molecule has 0 heterocycles. The van der Waals surface area contributed by atoms with Crippen LogP contribution < -0.4 is 10.0 Å². The lowest BCUT2D eigenvalue weighted by molar-refractivity contribution is -0.122. The molecule has 1 atom stereocenters. The van der Waals surface area contributed by atoms with Crippen molar-refractivity contribution in [3.8, 4) is 0 Å². The maximum absolute atomic E-state index is 12.9. The van der Waals surface area contributed by atoms with Crippen molar-refractivity contribution in [2.24, 2.45) is 0 Å².